The summed E-state index contributed by atoms with van der Waals surface area (Å²) < 4.78 is 2.64. The average Bonchev–Trinajstić information content (AvgIpc) is 2.17. The van der Waals surface area contributed by atoms with Crippen molar-refractivity contribution in [2.75, 3.05) is 0 Å². The van der Waals surface area contributed by atoms with Gasteiger partial charge in [-0.2, -0.15) is 5.10 Å². The van der Waals surface area contributed by atoms with Gasteiger partial charge in [-0.25, -0.2) is 0 Å². The number of aliphatic hydroxyl groups is 1. The molecule has 1 N–H and O–H groups in total. The number of aromatic nitrogens is 2. The first kappa shape index (κ1) is 8.74. The third kappa shape index (κ3) is 1.46. The van der Waals surface area contributed by atoms with Gasteiger partial charge in [-0.05, 0) is 29.8 Å². The molecule has 0 spiro atoms. The van der Waals surface area contributed by atoms with E-state index in [1.165, 1.54) is 0 Å². The Hall–Kier alpha value is -0.350. The molecule has 0 saturated carbocycles. The zero-order valence-electron chi connectivity index (χ0n) is 6.80. The maximum atomic E-state index is 9.24. The van der Waals surface area contributed by atoms with E-state index in [-0.39, 0.29) is 0 Å². The first-order valence-electron chi connectivity index (χ1n) is 3.41. The van der Waals surface area contributed by atoms with Crippen LogP contribution in [-0.4, -0.2) is 14.9 Å². The minimum absolute atomic E-state index is 0.510. The molecule has 0 unspecified atom stereocenters. The van der Waals surface area contributed by atoms with Crippen molar-refractivity contribution in [2.45, 2.75) is 20.0 Å². The number of halogens is 1. The lowest BCUT2D eigenvalue weighted by atomic mass is 10.3. The lowest BCUT2D eigenvalue weighted by Gasteiger charge is -1.97. The van der Waals surface area contributed by atoms with E-state index in [1.54, 1.807) is 11.6 Å². The molecule has 0 fully saturated rings. The number of hydrogen-bond donors (Lipinski definition) is 1. The van der Waals surface area contributed by atoms with Crippen LogP contribution in [0.3, 0.4) is 0 Å². The Morgan fingerprint density at radius 2 is 2.18 bits per heavy atom. The summed E-state index contributed by atoms with van der Waals surface area (Å²) in [6, 6.07) is 0. The van der Waals surface area contributed by atoms with Gasteiger partial charge in [0.15, 0.2) is 0 Å². The van der Waals surface area contributed by atoms with Gasteiger partial charge in [-0.15, -0.1) is 0 Å². The fourth-order valence-electron chi connectivity index (χ4n) is 0.875. The predicted octanol–water partition coefficient (Wildman–Crippen LogP) is 1.54. The molecule has 1 rings (SSSR count). The van der Waals surface area contributed by atoms with Gasteiger partial charge < -0.3 is 5.11 Å². The third-order valence-electron chi connectivity index (χ3n) is 1.68. The largest absolute Gasteiger partial charge is 0.387 e. The van der Waals surface area contributed by atoms with Crippen molar-refractivity contribution >= 4 is 15.9 Å². The summed E-state index contributed by atoms with van der Waals surface area (Å²) in [5, 5.41) is 13.4. The van der Waals surface area contributed by atoms with Crippen molar-refractivity contribution in [2.24, 2.45) is 7.05 Å². The summed E-state index contributed by atoms with van der Waals surface area (Å²) in [6.07, 6.45) is -0.510. The second kappa shape index (κ2) is 2.95. The van der Waals surface area contributed by atoms with Gasteiger partial charge in [0.1, 0.15) is 5.69 Å². The normalized spacial score (nSPS) is 13.5. The van der Waals surface area contributed by atoms with Gasteiger partial charge in [0.25, 0.3) is 0 Å². The summed E-state index contributed by atoms with van der Waals surface area (Å²) in [7, 11) is 1.85. The van der Waals surface area contributed by atoms with Crippen molar-refractivity contribution in [3.63, 3.8) is 0 Å². The van der Waals surface area contributed by atoms with Crippen molar-refractivity contribution in [3.05, 3.63) is 15.9 Å². The van der Waals surface area contributed by atoms with Gasteiger partial charge in [0.2, 0.25) is 0 Å². The van der Waals surface area contributed by atoms with Crippen LogP contribution in [0.4, 0.5) is 0 Å². The Morgan fingerprint density at radius 3 is 2.36 bits per heavy atom. The second-order valence-corrected chi connectivity index (χ2v) is 3.38. The molecule has 1 aromatic rings. The standard InChI is InChI=1S/C7H11BrN2O/c1-4-6(8)7(5(2)11)9-10(4)3/h5,11H,1-3H3/t5-/m1/s1. The van der Waals surface area contributed by atoms with Crippen LogP contribution in [0, 0.1) is 6.92 Å². The molecule has 0 aliphatic carbocycles. The van der Waals surface area contributed by atoms with E-state index in [0.717, 1.165) is 10.2 Å². The Balaban J connectivity index is 3.19. The van der Waals surface area contributed by atoms with Crippen LogP contribution in [0.2, 0.25) is 0 Å². The highest BCUT2D eigenvalue weighted by molar-refractivity contribution is 9.10. The molecule has 4 heteroatoms. The molecule has 0 amide bonds. The van der Waals surface area contributed by atoms with Crippen LogP contribution >= 0.6 is 15.9 Å². The monoisotopic (exact) mass is 218 g/mol. The minimum atomic E-state index is -0.510. The van der Waals surface area contributed by atoms with Gasteiger partial charge in [-0.1, -0.05) is 0 Å². The van der Waals surface area contributed by atoms with Gasteiger partial charge in [0.05, 0.1) is 10.6 Å². The van der Waals surface area contributed by atoms with E-state index in [0.29, 0.717) is 5.69 Å². The molecule has 0 bridgehead atoms. The highest BCUT2D eigenvalue weighted by Crippen LogP contribution is 2.24. The molecule has 0 aliphatic rings. The Bertz CT molecular complexity index is 268. The van der Waals surface area contributed by atoms with Crippen molar-refractivity contribution in [1.82, 2.24) is 9.78 Å². The Kier molecular flexibility index (Phi) is 2.34. The molecule has 1 heterocycles. The van der Waals surface area contributed by atoms with E-state index in [4.69, 9.17) is 0 Å². The van der Waals surface area contributed by atoms with Crippen LogP contribution in [0.15, 0.2) is 4.47 Å². The first-order chi connectivity index (χ1) is 5.04. The van der Waals surface area contributed by atoms with Crippen LogP contribution in [0.5, 0.6) is 0 Å². The van der Waals surface area contributed by atoms with Crippen LogP contribution in [0.1, 0.15) is 24.4 Å². The predicted molar refractivity (Wildman–Crippen MR) is 46.3 cm³/mol. The fourth-order valence-corrected chi connectivity index (χ4v) is 1.54. The molecule has 0 aromatic carbocycles. The van der Waals surface area contributed by atoms with E-state index >= 15 is 0 Å². The van der Waals surface area contributed by atoms with Crippen LogP contribution in [-0.2, 0) is 7.05 Å². The van der Waals surface area contributed by atoms with Gasteiger partial charge in [0, 0.05) is 12.7 Å². The van der Waals surface area contributed by atoms with Crippen molar-refractivity contribution in [3.8, 4) is 0 Å². The summed E-state index contributed by atoms with van der Waals surface area (Å²) in [5.41, 5.74) is 1.73. The van der Waals surface area contributed by atoms with Crippen LogP contribution < -0.4 is 0 Å². The minimum Gasteiger partial charge on any atom is -0.387 e. The van der Waals surface area contributed by atoms with Crippen molar-refractivity contribution < 1.29 is 5.11 Å². The molecular weight excluding hydrogens is 208 g/mol. The summed E-state index contributed by atoms with van der Waals surface area (Å²) in [5.74, 6) is 0. The third-order valence-corrected chi connectivity index (χ3v) is 2.66. The summed E-state index contributed by atoms with van der Waals surface area (Å²) >= 11 is 3.36. The zero-order chi connectivity index (χ0) is 8.59. The molecule has 0 radical (unpaired) electrons. The molecule has 1 atom stereocenters. The fraction of sp³-hybridized carbons (Fsp3) is 0.571. The number of rotatable bonds is 1. The summed E-state index contributed by atoms with van der Waals surface area (Å²) in [4.78, 5) is 0. The highest BCUT2D eigenvalue weighted by atomic mass is 79.9. The molecule has 62 valence electrons. The van der Waals surface area contributed by atoms with Gasteiger partial charge >= 0.3 is 0 Å². The quantitative estimate of drug-likeness (QED) is 0.777. The number of hydrogen-bond acceptors (Lipinski definition) is 2. The van der Waals surface area contributed by atoms with Crippen LogP contribution in [0.25, 0.3) is 0 Å². The van der Waals surface area contributed by atoms with E-state index in [2.05, 4.69) is 21.0 Å². The van der Waals surface area contributed by atoms with E-state index in [9.17, 15) is 5.11 Å². The smallest absolute Gasteiger partial charge is 0.105 e. The lowest BCUT2D eigenvalue weighted by Crippen LogP contribution is -1.96. The molecule has 3 nitrogen and oxygen atoms in total. The lowest BCUT2D eigenvalue weighted by molar-refractivity contribution is 0.192. The average molecular weight is 219 g/mol. The number of aliphatic hydroxyl groups excluding tert-OH is 1. The summed E-state index contributed by atoms with van der Waals surface area (Å²) in [6.45, 7) is 3.65. The maximum absolute atomic E-state index is 9.24. The molecule has 0 saturated heterocycles. The second-order valence-electron chi connectivity index (χ2n) is 2.58. The number of nitrogens with zero attached hydrogens (tertiary/aromatic N) is 2. The maximum Gasteiger partial charge on any atom is 0.105 e. The highest BCUT2D eigenvalue weighted by Gasteiger charge is 2.13. The Labute approximate surface area is 74.2 Å². The Morgan fingerprint density at radius 1 is 1.64 bits per heavy atom. The first-order valence-corrected chi connectivity index (χ1v) is 4.20. The topological polar surface area (TPSA) is 38.1 Å². The SMILES string of the molecule is Cc1c(Br)c([C@@H](C)O)nn1C. The molecule has 1 aromatic heterocycles. The van der Waals surface area contributed by atoms with Gasteiger partial charge in [-0.3, -0.25) is 4.68 Å². The molecule has 0 aliphatic heterocycles. The van der Waals surface area contributed by atoms with Crippen molar-refractivity contribution in [1.29, 1.82) is 0 Å². The number of aryl methyl sites for hydroxylation is 1. The van der Waals surface area contributed by atoms with E-state index < -0.39 is 6.10 Å². The molecule has 11 heavy (non-hydrogen) atoms. The molecular formula is C7H11BrN2O. The van der Waals surface area contributed by atoms with E-state index in [1.807, 2.05) is 14.0 Å². The zero-order valence-corrected chi connectivity index (χ0v) is 8.38.